The summed E-state index contributed by atoms with van der Waals surface area (Å²) in [4.78, 5) is 128. The van der Waals surface area contributed by atoms with Crippen LogP contribution < -0.4 is 71.1 Å². The Balaban J connectivity index is 0.000000148. The summed E-state index contributed by atoms with van der Waals surface area (Å²) in [6.07, 6.45) is 6.09. The van der Waals surface area contributed by atoms with Gasteiger partial charge in [0.15, 0.2) is 11.3 Å². The number of hydrogen-bond donors (Lipinski definition) is 7. The van der Waals surface area contributed by atoms with Gasteiger partial charge in [-0.15, -0.1) is 0 Å². The smallest absolute Gasteiger partial charge is 0.284 e. The second-order valence-corrected chi connectivity index (χ2v) is 28.1. The average Bonchev–Trinajstić information content (AvgIpc) is 0.975. The first-order valence-electron chi connectivity index (χ1n) is 30.8. The highest BCUT2D eigenvalue weighted by atomic mass is 127. The Hall–Kier alpha value is -9.42. The van der Waals surface area contributed by atoms with E-state index in [0.29, 0.717) is 26.5 Å². The minimum absolute atomic E-state index is 0.0847. The van der Waals surface area contributed by atoms with E-state index in [9.17, 15) is 61.4 Å². The van der Waals surface area contributed by atoms with Crippen molar-refractivity contribution in [1.82, 2.24) is 61.8 Å². The standard InChI is InChI=1S/C17H16BrClN4O4.C17H15FIN5O3.C17H14FIN4O2.C16H14FIN4O2/c1-22-14(26)5-13(21-12-3-2-9(18)4-11(12)19)15-16(22)20-8-23(17(15)27)6-10(25)7-24;1-20-13(25)7-24-8-21-16(27)15-12(6-14(26)23(2)17(15)24)22-11-4-3-9(19)5-10(11)18;1-22-14(24)7-13(21-12-5-2-9(19)6-11(12)18)15-16(22)20-8-23(17(15)25)10-3-4-10;1-3-22-8-19-15(24)14-12(7-13(23)21(2)16(14)22)20-11-5-4-9(18)6-10(11)17/h2-5,8,10,21,24-25H,6-7H2,1H3;3-6,8,22H,7H2,1-2H3,(H,20,25);2,5-8,10,21H,3-4H2,1H3;4-8,20H,3H2,1-2H3/t10-;;;/m0.../s1. The quantitative estimate of drug-likeness (QED) is 0.0473. The molecule has 0 radical (unpaired) electrons. The van der Waals surface area contributed by atoms with Gasteiger partial charge in [0, 0.05) is 87.3 Å². The summed E-state index contributed by atoms with van der Waals surface area (Å²) in [5.74, 6) is -1.76. The monoisotopic (exact) mass is 1830 g/mol. The number of aliphatic hydroxyl groups is 2. The fourth-order valence-electron chi connectivity index (χ4n) is 10.6. The van der Waals surface area contributed by atoms with E-state index >= 15 is 0 Å². The van der Waals surface area contributed by atoms with E-state index in [1.165, 1.54) is 122 Å². The molecule has 12 aromatic rings. The SMILES string of the molecule is CCn1cnc(=O)c2c(Nc3ccc(I)cc3F)cc(=O)n(C)c21.CNC(=O)Cn1cnc(=O)c2c(Nc3ccc(I)cc3F)cc(=O)n(C)c21.Cn1c(=O)cc(Nc2ccc(Br)cc2Cl)c2c(=O)n(C[C@H](O)CO)cnc21.Cn1c(=O)cc(Nc2ccc(I)cc2F)c2c(=O)n(C3CC3)cnc21. The van der Waals surface area contributed by atoms with E-state index in [1.807, 2.05) is 74.7 Å². The topological polar surface area (TPSA) is 345 Å². The molecule has 13 rings (SSSR count). The van der Waals surface area contributed by atoms with Gasteiger partial charge in [0.1, 0.15) is 75.8 Å². The highest BCUT2D eigenvalue weighted by molar-refractivity contribution is 14.1. The van der Waals surface area contributed by atoms with E-state index in [4.69, 9.17) is 16.7 Å². The largest absolute Gasteiger partial charge is 0.394 e. The van der Waals surface area contributed by atoms with Crippen LogP contribution in [0.25, 0.3) is 44.1 Å². The zero-order valence-electron chi connectivity index (χ0n) is 54.9. The van der Waals surface area contributed by atoms with Gasteiger partial charge in [0.2, 0.25) is 5.91 Å². The zero-order valence-corrected chi connectivity index (χ0v) is 63.7. The van der Waals surface area contributed by atoms with Gasteiger partial charge in [-0.3, -0.25) is 70.6 Å². The van der Waals surface area contributed by atoms with Gasteiger partial charge in [-0.25, -0.2) is 23.1 Å². The molecule has 4 aromatic carbocycles. The van der Waals surface area contributed by atoms with Crippen LogP contribution in [-0.2, 0) is 52.6 Å². The summed E-state index contributed by atoms with van der Waals surface area (Å²) in [6.45, 7) is 1.68. The molecule has 103 heavy (non-hydrogen) atoms. The number of hydrogen-bond acceptors (Lipinski definition) is 19. The Kier molecular flexibility index (Phi) is 24.0. The van der Waals surface area contributed by atoms with Crippen LogP contribution in [0.3, 0.4) is 0 Å². The van der Waals surface area contributed by atoms with Crippen LogP contribution in [0.15, 0.2) is 165 Å². The van der Waals surface area contributed by atoms with Crippen molar-refractivity contribution in [1.29, 1.82) is 0 Å². The fraction of sp³-hybridized carbons (Fsp3) is 0.209. The van der Waals surface area contributed by atoms with Crippen LogP contribution in [0.5, 0.6) is 0 Å². The molecule has 7 N–H and O–H groups in total. The van der Waals surface area contributed by atoms with Crippen molar-refractivity contribution in [3.05, 3.63) is 243 Å². The zero-order chi connectivity index (χ0) is 74.6. The van der Waals surface area contributed by atoms with Gasteiger partial charge in [0.05, 0.1) is 76.1 Å². The molecule has 1 aliphatic carbocycles. The molecule has 8 heterocycles. The summed E-state index contributed by atoms with van der Waals surface area (Å²) in [7, 11) is 7.63. The number of fused-ring (bicyclic) bond motifs is 4. The Morgan fingerprint density at radius 2 is 0.942 bits per heavy atom. The van der Waals surface area contributed by atoms with Crippen LogP contribution in [0.1, 0.15) is 25.8 Å². The van der Waals surface area contributed by atoms with Crippen molar-refractivity contribution in [2.24, 2.45) is 28.2 Å². The predicted octanol–water partition coefficient (Wildman–Crippen LogP) is 8.46. The van der Waals surface area contributed by atoms with E-state index in [-0.39, 0.29) is 126 Å². The molecule has 1 atom stereocenters. The van der Waals surface area contributed by atoms with E-state index in [0.717, 1.165) is 24.5 Å². The third-order valence-corrected chi connectivity index (χ3v) is 18.9. The van der Waals surface area contributed by atoms with Crippen LogP contribution in [-0.4, -0.2) is 92.4 Å². The number of rotatable bonds is 15. The number of nitrogens with zero attached hydrogens (tertiary/aromatic N) is 12. The minimum atomic E-state index is -1.10. The van der Waals surface area contributed by atoms with Gasteiger partial charge in [-0.2, -0.15) is 9.97 Å². The molecule has 1 aliphatic rings. The number of pyridine rings is 4. The van der Waals surface area contributed by atoms with Crippen molar-refractivity contribution in [3.8, 4) is 0 Å². The number of carbonyl (C=O) groups is 1. The van der Waals surface area contributed by atoms with Crippen LogP contribution in [0.2, 0.25) is 5.02 Å². The highest BCUT2D eigenvalue weighted by Gasteiger charge is 2.27. The van der Waals surface area contributed by atoms with Crippen molar-refractivity contribution in [2.75, 3.05) is 34.9 Å². The number of aromatic nitrogens is 12. The van der Waals surface area contributed by atoms with Crippen molar-refractivity contribution < 1.29 is 28.2 Å². The normalized spacial score (nSPS) is 12.0. The number of aliphatic hydroxyl groups excluding tert-OH is 2. The minimum Gasteiger partial charge on any atom is -0.394 e. The molecule has 36 heteroatoms. The molecule has 0 unspecified atom stereocenters. The van der Waals surface area contributed by atoms with E-state index in [1.54, 1.807) is 71.8 Å². The molecule has 0 spiro atoms. The summed E-state index contributed by atoms with van der Waals surface area (Å²) in [5, 5.41) is 33.9. The Morgan fingerprint density at radius 1 is 0.544 bits per heavy atom. The summed E-state index contributed by atoms with van der Waals surface area (Å²) < 4.78 is 56.6. The number of benzene rings is 4. The first-order chi connectivity index (χ1) is 49.0. The molecule has 8 aromatic heterocycles. The number of anilines is 8. The lowest BCUT2D eigenvalue weighted by Crippen LogP contribution is -2.31. The fourth-order valence-corrected chi connectivity index (χ4v) is 12.7. The molecular weight excluding hydrogens is 1770 g/mol. The lowest BCUT2D eigenvalue weighted by molar-refractivity contribution is -0.121. The third kappa shape index (κ3) is 17.0. The van der Waals surface area contributed by atoms with E-state index < -0.39 is 52.4 Å². The van der Waals surface area contributed by atoms with Gasteiger partial charge < -0.3 is 45.9 Å². The maximum absolute atomic E-state index is 14.2. The first kappa shape index (κ1) is 76.2. The number of nitrogens with one attached hydrogen (secondary N) is 5. The second-order valence-electron chi connectivity index (χ2n) is 23.0. The number of carbonyl (C=O) groups excluding carboxylic acids is 1. The van der Waals surface area contributed by atoms with Crippen LogP contribution >= 0.6 is 95.3 Å². The lowest BCUT2D eigenvalue weighted by Gasteiger charge is -2.16. The van der Waals surface area contributed by atoms with Crippen LogP contribution in [0, 0.1) is 28.2 Å². The van der Waals surface area contributed by atoms with Gasteiger partial charge in [0.25, 0.3) is 44.5 Å². The van der Waals surface area contributed by atoms with Gasteiger partial charge in [-0.05, 0) is 160 Å². The second kappa shape index (κ2) is 32.5. The van der Waals surface area contributed by atoms with Gasteiger partial charge >= 0.3 is 0 Å². The Labute approximate surface area is 633 Å². The lowest BCUT2D eigenvalue weighted by atomic mass is 10.2. The Bertz CT molecular complexity index is 5910. The molecular formula is C67H59BrClF3I3N17O11. The maximum Gasteiger partial charge on any atom is 0.284 e. The average molecular weight is 1830 g/mol. The first-order valence-corrected chi connectivity index (χ1v) is 35.2. The number of halogens is 8. The van der Waals surface area contributed by atoms with Crippen molar-refractivity contribution in [3.63, 3.8) is 0 Å². The summed E-state index contributed by atoms with van der Waals surface area (Å²) in [5.41, 5.74) is -0.113. The molecule has 1 amide bonds. The highest BCUT2D eigenvalue weighted by Crippen LogP contribution is 2.35. The molecule has 534 valence electrons. The Morgan fingerprint density at radius 3 is 1.37 bits per heavy atom. The van der Waals surface area contributed by atoms with Crippen molar-refractivity contribution in [2.45, 2.75) is 51.5 Å². The molecule has 1 fully saturated rings. The van der Waals surface area contributed by atoms with Crippen molar-refractivity contribution >= 4 is 191 Å². The molecule has 0 aliphatic heterocycles. The maximum atomic E-state index is 14.2. The number of amides is 1. The number of likely N-dealkylation sites (N-methyl/N-ethyl adjacent to an activating group) is 1. The molecule has 28 nitrogen and oxygen atoms in total. The number of aryl methyl sites for hydroxylation is 5. The molecule has 0 saturated heterocycles. The third-order valence-electron chi connectivity index (χ3n) is 16.1. The summed E-state index contributed by atoms with van der Waals surface area (Å²) in [6, 6.07) is 24.3. The van der Waals surface area contributed by atoms with Crippen LogP contribution in [0.4, 0.5) is 58.7 Å². The predicted molar refractivity (Wildman–Crippen MR) is 416 cm³/mol. The summed E-state index contributed by atoms with van der Waals surface area (Å²) >= 11 is 15.5. The molecule has 0 bridgehead atoms. The van der Waals surface area contributed by atoms with E-state index in [2.05, 4.69) is 62.4 Å². The van der Waals surface area contributed by atoms with Gasteiger partial charge in [-0.1, -0.05) is 27.5 Å². The molecule has 1 saturated carbocycles.